The number of para-hydroxylation sites is 4. The van der Waals surface area contributed by atoms with E-state index in [1.807, 2.05) is 83.1 Å². The van der Waals surface area contributed by atoms with Gasteiger partial charge in [-0.1, -0.05) is 290 Å². The Morgan fingerprint density at radius 3 is 1.24 bits per heavy atom. The van der Waals surface area contributed by atoms with E-state index in [1.165, 1.54) is 83.1 Å². The first-order valence-corrected chi connectivity index (χ1v) is 29.6. The van der Waals surface area contributed by atoms with Gasteiger partial charge in [0.15, 0.2) is 0 Å². The van der Waals surface area contributed by atoms with Crippen molar-refractivity contribution < 1.29 is 0 Å². The van der Waals surface area contributed by atoms with Crippen LogP contribution in [0.25, 0.3) is 21.5 Å². The van der Waals surface area contributed by atoms with E-state index in [1.54, 1.807) is 5.46 Å². The predicted octanol–water partition coefficient (Wildman–Crippen LogP) is 21.6. The van der Waals surface area contributed by atoms with Gasteiger partial charge in [0.05, 0.1) is 11.4 Å². The molecular formula is C75H91BN2. The highest BCUT2D eigenvalue weighted by molar-refractivity contribution is 6.87. The van der Waals surface area contributed by atoms with Crippen molar-refractivity contribution in [3.05, 3.63) is 264 Å². The Balaban J connectivity index is 0.000000283. The van der Waals surface area contributed by atoms with E-state index in [-0.39, 0.29) is 0 Å². The number of fused-ring (bicyclic) bond motifs is 5. The molecule has 11 rings (SSSR count). The van der Waals surface area contributed by atoms with Crippen molar-refractivity contribution in [2.45, 2.75) is 129 Å². The van der Waals surface area contributed by atoms with Gasteiger partial charge in [0.25, 0.3) is 0 Å². The number of aryl methyl sites for hydroxylation is 2. The van der Waals surface area contributed by atoms with Gasteiger partial charge in [-0.25, -0.2) is 0 Å². The van der Waals surface area contributed by atoms with Crippen molar-refractivity contribution in [1.82, 2.24) is 0 Å². The summed E-state index contributed by atoms with van der Waals surface area (Å²) in [7, 11) is 0. The van der Waals surface area contributed by atoms with Gasteiger partial charge < -0.3 is 9.80 Å². The minimum Gasteiger partial charge on any atom is -0.310 e. The molecule has 0 saturated carbocycles. The molecule has 10 aromatic carbocycles. The maximum Gasteiger partial charge on any atom is 0.208 e. The van der Waals surface area contributed by atoms with Crippen molar-refractivity contribution in [1.29, 1.82) is 0 Å². The lowest BCUT2D eigenvalue weighted by Crippen LogP contribution is -2.48. The highest BCUT2D eigenvalue weighted by Gasteiger charge is 2.30. The summed E-state index contributed by atoms with van der Waals surface area (Å²) in [5.41, 5.74) is 18.6. The molecule has 0 amide bonds. The Labute approximate surface area is 474 Å². The molecule has 0 radical (unpaired) electrons. The molecule has 0 N–H and O–H groups in total. The lowest BCUT2D eigenvalue weighted by atomic mass is 9.37. The van der Waals surface area contributed by atoms with Gasteiger partial charge in [-0.15, -0.1) is 0 Å². The quantitative estimate of drug-likeness (QED) is 0.126. The lowest BCUT2D eigenvalue weighted by molar-refractivity contribution is 1.11. The third-order valence-corrected chi connectivity index (χ3v) is 13.3. The Kier molecular flexibility index (Phi) is 27.6. The molecule has 1 aliphatic rings. The summed E-state index contributed by atoms with van der Waals surface area (Å²) in [5, 5.41) is 5.20. The fourth-order valence-corrected chi connectivity index (χ4v) is 10.3. The SMILES string of the molecule is CC.CC.CC.CC.CC.CC.CCc1cccc(Cc2cc(N(c3ccccc3)c3ccccc3)c3ccccc3c2)c1.CCc1cccc2c1B(C)c1c(cc(N(c3ccccc3)c3ccccc3)c3ccccc13)C2. The van der Waals surface area contributed by atoms with Crippen LogP contribution >= 0.6 is 0 Å². The van der Waals surface area contributed by atoms with Crippen LogP contribution in [0.2, 0.25) is 6.82 Å². The highest BCUT2D eigenvalue weighted by atomic mass is 15.1. The molecule has 2 nitrogen and oxygen atoms in total. The normalized spacial score (nSPS) is 10.3. The second kappa shape index (κ2) is 34.2. The summed E-state index contributed by atoms with van der Waals surface area (Å²) in [6.45, 7) is 31.3. The Bertz CT molecular complexity index is 3160. The number of rotatable bonds is 10. The van der Waals surface area contributed by atoms with E-state index in [0.29, 0.717) is 6.71 Å². The zero-order valence-electron chi connectivity index (χ0n) is 50.2. The molecule has 0 aromatic heterocycles. The van der Waals surface area contributed by atoms with E-state index < -0.39 is 0 Å². The molecule has 3 heteroatoms. The van der Waals surface area contributed by atoms with E-state index in [9.17, 15) is 0 Å². The fraction of sp³-hybridized carbons (Fsp3) is 0.253. The average Bonchev–Trinajstić information content (AvgIpc) is 3.54. The second-order valence-electron chi connectivity index (χ2n) is 17.5. The molecule has 0 unspecified atom stereocenters. The second-order valence-corrected chi connectivity index (χ2v) is 17.5. The summed E-state index contributed by atoms with van der Waals surface area (Å²) in [4.78, 5) is 4.78. The maximum absolute atomic E-state index is 2.45. The molecule has 0 saturated heterocycles. The molecule has 0 spiro atoms. The zero-order chi connectivity index (χ0) is 56.8. The van der Waals surface area contributed by atoms with Crippen LogP contribution in [0.4, 0.5) is 34.1 Å². The van der Waals surface area contributed by atoms with Crippen LogP contribution in [0.5, 0.6) is 0 Å². The van der Waals surface area contributed by atoms with Crippen LogP contribution in [0.3, 0.4) is 0 Å². The number of hydrogen-bond acceptors (Lipinski definition) is 2. The van der Waals surface area contributed by atoms with Gasteiger partial charge in [-0.05, 0) is 125 Å². The first-order chi connectivity index (χ1) is 38.6. The largest absolute Gasteiger partial charge is 0.310 e. The van der Waals surface area contributed by atoms with Crippen molar-refractivity contribution >= 4 is 73.3 Å². The van der Waals surface area contributed by atoms with Gasteiger partial charge in [0.2, 0.25) is 6.71 Å². The molecule has 0 bridgehead atoms. The van der Waals surface area contributed by atoms with E-state index in [4.69, 9.17) is 0 Å². The number of hydrogen-bond donors (Lipinski definition) is 0. The van der Waals surface area contributed by atoms with Gasteiger partial charge in [0.1, 0.15) is 0 Å². The standard InChI is InChI=1S/C32H28BN.C31H27N.6C2H6/c1-3-23-13-12-14-24-21-25-22-30(28-19-10-11-20-29(28)32(25)33(2)31(23)24)34(26-15-6-4-7-16-26)27-17-8-5-9-18-27;1-2-24-12-11-13-25(20-24)21-26-22-27-14-9-10-19-30(27)31(23-26)32(28-15-5-3-6-16-28)29-17-7-4-8-18-29;6*1-2/h4-20,22H,3,21H2,1-2H3;3-20,22-23H,2,21H2,1H3;6*1-2H3. The lowest BCUT2D eigenvalue weighted by Gasteiger charge is -2.32. The molecular weight excluding hydrogens is 940 g/mol. The topological polar surface area (TPSA) is 6.48 Å². The minimum absolute atomic E-state index is 0.385. The van der Waals surface area contributed by atoms with Crippen molar-refractivity contribution in [3.63, 3.8) is 0 Å². The molecule has 404 valence electrons. The molecule has 1 heterocycles. The summed E-state index contributed by atoms with van der Waals surface area (Å²) in [5.74, 6) is 0. The van der Waals surface area contributed by atoms with E-state index in [0.717, 1.165) is 37.1 Å². The predicted molar refractivity (Wildman–Crippen MR) is 353 cm³/mol. The van der Waals surface area contributed by atoms with Crippen LogP contribution in [0, 0.1) is 0 Å². The van der Waals surface area contributed by atoms with Gasteiger partial charge in [-0.3, -0.25) is 0 Å². The summed E-state index contributed by atoms with van der Waals surface area (Å²) >= 11 is 0. The van der Waals surface area contributed by atoms with E-state index in [2.05, 4.69) is 261 Å². The first-order valence-electron chi connectivity index (χ1n) is 29.6. The van der Waals surface area contributed by atoms with Gasteiger partial charge in [0, 0.05) is 33.5 Å². The fourth-order valence-electron chi connectivity index (χ4n) is 10.3. The first kappa shape index (κ1) is 62.9. The van der Waals surface area contributed by atoms with Crippen LogP contribution in [0.15, 0.2) is 231 Å². The molecule has 1 aliphatic heterocycles. The number of nitrogens with zero attached hydrogens (tertiary/aromatic N) is 2. The van der Waals surface area contributed by atoms with Crippen LogP contribution in [0.1, 0.15) is 130 Å². The van der Waals surface area contributed by atoms with Crippen molar-refractivity contribution in [2.75, 3.05) is 9.80 Å². The molecule has 0 fully saturated rings. The Morgan fingerprint density at radius 1 is 0.333 bits per heavy atom. The van der Waals surface area contributed by atoms with E-state index >= 15 is 0 Å². The third kappa shape index (κ3) is 15.3. The monoisotopic (exact) mass is 1030 g/mol. The molecule has 78 heavy (non-hydrogen) atoms. The van der Waals surface area contributed by atoms with Crippen molar-refractivity contribution in [3.8, 4) is 0 Å². The Morgan fingerprint density at radius 2 is 0.756 bits per heavy atom. The van der Waals surface area contributed by atoms with Gasteiger partial charge >= 0.3 is 0 Å². The van der Waals surface area contributed by atoms with Crippen molar-refractivity contribution in [2.24, 2.45) is 0 Å². The molecule has 0 atom stereocenters. The Hall–Kier alpha value is -7.62. The highest BCUT2D eigenvalue weighted by Crippen LogP contribution is 2.42. The zero-order valence-corrected chi connectivity index (χ0v) is 50.2. The third-order valence-electron chi connectivity index (χ3n) is 13.3. The van der Waals surface area contributed by atoms with Crippen LogP contribution in [-0.2, 0) is 25.7 Å². The number of benzene rings is 10. The smallest absolute Gasteiger partial charge is 0.208 e. The molecule has 10 aromatic rings. The average molecular weight is 1030 g/mol. The maximum atomic E-state index is 2.45. The van der Waals surface area contributed by atoms with Crippen LogP contribution in [-0.4, -0.2) is 6.71 Å². The van der Waals surface area contributed by atoms with Gasteiger partial charge in [-0.2, -0.15) is 0 Å². The minimum atomic E-state index is 0.385. The van der Waals surface area contributed by atoms with Crippen LogP contribution < -0.4 is 20.7 Å². The molecule has 0 aliphatic carbocycles. The summed E-state index contributed by atoms with van der Waals surface area (Å²) in [6.07, 6.45) is 4.04. The number of anilines is 6. The summed E-state index contributed by atoms with van der Waals surface area (Å²) in [6, 6.07) is 83.4. The summed E-state index contributed by atoms with van der Waals surface area (Å²) < 4.78 is 0.